The highest BCUT2D eigenvalue weighted by atomic mass is 16.5. The zero-order valence-corrected chi connectivity index (χ0v) is 10.3. The first-order valence-corrected chi connectivity index (χ1v) is 5.42. The van der Waals surface area contributed by atoms with Gasteiger partial charge in [0.15, 0.2) is 0 Å². The molecule has 0 aliphatic rings. The van der Waals surface area contributed by atoms with Crippen LogP contribution in [0.25, 0.3) is 0 Å². The van der Waals surface area contributed by atoms with E-state index in [2.05, 4.69) is 25.6 Å². The van der Waals surface area contributed by atoms with Gasteiger partial charge in [-0.25, -0.2) is 4.79 Å². The minimum atomic E-state index is -0.587. The molecule has 0 aliphatic carbocycles. The molecule has 1 rings (SSSR count). The Morgan fingerprint density at radius 1 is 1.33 bits per heavy atom. The van der Waals surface area contributed by atoms with Gasteiger partial charge in [-0.1, -0.05) is 0 Å². The van der Waals surface area contributed by atoms with E-state index in [1.807, 2.05) is 13.8 Å². The maximum absolute atomic E-state index is 10.4. The Morgan fingerprint density at radius 2 is 2.06 bits per heavy atom. The number of hydrogen-bond donors (Lipinski definition) is 4. The van der Waals surface area contributed by atoms with Crippen molar-refractivity contribution in [2.45, 2.75) is 20.0 Å². The van der Waals surface area contributed by atoms with Gasteiger partial charge < -0.3 is 26.8 Å². The number of anilines is 2. The molecule has 0 saturated heterocycles. The quantitative estimate of drug-likeness (QED) is 0.493. The number of nitrogens with one attached hydrogen (secondary N) is 2. The number of rotatable bonds is 6. The molecule has 0 unspecified atom stereocenters. The maximum Gasteiger partial charge on any atom is 0.323 e. The summed E-state index contributed by atoms with van der Waals surface area (Å²) in [4.78, 5) is 22.2. The number of nitrogens with two attached hydrogens (primary N) is 2. The lowest BCUT2D eigenvalue weighted by molar-refractivity contribution is 0.222. The van der Waals surface area contributed by atoms with E-state index in [4.69, 9.17) is 16.2 Å². The summed E-state index contributed by atoms with van der Waals surface area (Å²) in [6.45, 7) is 4.46. The van der Waals surface area contributed by atoms with Gasteiger partial charge in [0.1, 0.15) is 0 Å². The van der Waals surface area contributed by atoms with Crippen molar-refractivity contribution in [1.82, 2.24) is 20.3 Å². The molecule has 0 atom stereocenters. The first kappa shape index (κ1) is 13.7. The van der Waals surface area contributed by atoms with Crippen molar-refractivity contribution < 1.29 is 9.53 Å². The van der Waals surface area contributed by atoms with E-state index in [1.54, 1.807) is 0 Å². The number of aromatic nitrogens is 3. The van der Waals surface area contributed by atoms with Gasteiger partial charge in [0.05, 0.1) is 6.10 Å². The molecule has 1 aromatic rings. The van der Waals surface area contributed by atoms with Crippen molar-refractivity contribution >= 4 is 17.9 Å². The van der Waals surface area contributed by atoms with Crippen LogP contribution in [0.5, 0.6) is 6.01 Å². The molecular formula is C9H17N7O2. The first-order valence-electron chi connectivity index (χ1n) is 5.42. The summed E-state index contributed by atoms with van der Waals surface area (Å²) in [6.07, 6.45) is -0.0591. The molecule has 0 aromatic carbocycles. The SMILES string of the molecule is CC(C)Oc1nc(N)nc(NCCNC(N)=O)n1. The Labute approximate surface area is 104 Å². The molecule has 0 radical (unpaired) electrons. The number of nitrogens with zero attached hydrogens (tertiary/aromatic N) is 3. The number of carbonyl (C=O) groups excluding carboxylic acids is 1. The smallest absolute Gasteiger partial charge is 0.323 e. The topological polar surface area (TPSA) is 141 Å². The lowest BCUT2D eigenvalue weighted by atomic mass is 10.5. The number of amides is 2. The second-order valence-electron chi connectivity index (χ2n) is 3.68. The molecule has 6 N–H and O–H groups in total. The highest BCUT2D eigenvalue weighted by Gasteiger charge is 2.06. The predicted molar refractivity (Wildman–Crippen MR) is 66.1 cm³/mol. The third-order valence-electron chi connectivity index (χ3n) is 1.68. The molecule has 0 aliphatic heterocycles. The van der Waals surface area contributed by atoms with Crippen molar-refractivity contribution in [2.75, 3.05) is 24.1 Å². The number of urea groups is 1. The number of hydrogen-bond acceptors (Lipinski definition) is 7. The van der Waals surface area contributed by atoms with Crippen LogP contribution < -0.4 is 26.8 Å². The van der Waals surface area contributed by atoms with Gasteiger partial charge in [-0.3, -0.25) is 0 Å². The minimum absolute atomic E-state index is 0.0591. The number of carbonyl (C=O) groups is 1. The fraction of sp³-hybridized carbons (Fsp3) is 0.556. The molecule has 1 heterocycles. The van der Waals surface area contributed by atoms with Gasteiger partial charge in [0.2, 0.25) is 11.9 Å². The third-order valence-corrected chi connectivity index (χ3v) is 1.68. The van der Waals surface area contributed by atoms with E-state index < -0.39 is 6.03 Å². The molecule has 2 amide bonds. The van der Waals surface area contributed by atoms with Crippen LogP contribution in [0.1, 0.15) is 13.8 Å². The Balaban J connectivity index is 2.54. The summed E-state index contributed by atoms with van der Waals surface area (Å²) >= 11 is 0. The average molecular weight is 255 g/mol. The lowest BCUT2D eigenvalue weighted by Crippen LogP contribution is -2.33. The van der Waals surface area contributed by atoms with Crippen LogP contribution in [-0.4, -0.2) is 40.2 Å². The second kappa shape index (κ2) is 6.42. The molecule has 9 nitrogen and oxygen atoms in total. The number of ether oxygens (including phenoxy) is 1. The van der Waals surface area contributed by atoms with E-state index in [0.717, 1.165) is 0 Å². The number of nitrogen functional groups attached to an aromatic ring is 1. The van der Waals surface area contributed by atoms with Gasteiger partial charge in [0, 0.05) is 13.1 Å². The second-order valence-corrected chi connectivity index (χ2v) is 3.68. The Bertz CT molecular complexity index is 410. The summed E-state index contributed by atoms with van der Waals surface area (Å²) in [5.74, 6) is 0.343. The molecular weight excluding hydrogens is 238 g/mol. The normalized spacial score (nSPS) is 10.2. The van der Waals surface area contributed by atoms with Gasteiger partial charge in [-0.15, -0.1) is 0 Å². The highest BCUT2D eigenvalue weighted by Crippen LogP contribution is 2.09. The van der Waals surface area contributed by atoms with Crippen molar-refractivity contribution in [2.24, 2.45) is 5.73 Å². The average Bonchev–Trinajstić information content (AvgIpc) is 2.22. The molecule has 0 fully saturated rings. The summed E-state index contributed by atoms with van der Waals surface area (Å²) < 4.78 is 5.31. The Kier molecular flexibility index (Phi) is 4.90. The van der Waals surface area contributed by atoms with Gasteiger partial charge in [0.25, 0.3) is 0 Å². The van der Waals surface area contributed by atoms with E-state index in [9.17, 15) is 4.79 Å². The van der Waals surface area contributed by atoms with E-state index >= 15 is 0 Å². The van der Waals surface area contributed by atoms with Crippen LogP contribution >= 0.6 is 0 Å². The van der Waals surface area contributed by atoms with Crippen LogP contribution in [-0.2, 0) is 0 Å². The monoisotopic (exact) mass is 255 g/mol. The molecule has 0 saturated carbocycles. The van der Waals surface area contributed by atoms with Gasteiger partial charge >= 0.3 is 12.0 Å². The fourth-order valence-corrected chi connectivity index (χ4v) is 1.07. The molecule has 0 bridgehead atoms. The zero-order valence-electron chi connectivity index (χ0n) is 10.3. The van der Waals surface area contributed by atoms with Crippen LogP contribution in [0.3, 0.4) is 0 Å². The number of primary amides is 1. The molecule has 0 spiro atoms. The van der Waals surface area contributed by atoms with Crippen LogP contribution in [0.4, 0.5) is 16.7 Å². The highest BCUT2D eigenvalue weighted by molar-refractivity contribution is 5.71. The molecule has 9 heteroatoms. The van der Waals surface area contributed by atoms with Crippen molar-refractivity contribution in [3.05, 3.63) is 0 Å². The van der Waals surface area contributed by atoms with Gasteiger partial charge in [-0.05, 0) is 13.8 Å². The molecule has 18 heavy (non-hydrogen) atoms. The van der Waals surface area contributed by atoms with Gasteiger partial charge in [-0.2, -0.15) is 15.0 Å². The van der Waals surface area contributed by atoms with Crippen LogP contribution in [0.15, 0.2) is 0 Å². The van der Waals surface area contributed by atoms with Crippen molar-refractivity contribution in [3.8, 4) is 6.01 Å². The zero-order chi connectivity index (χ0) is 13.5. The lowest BCUT2D eigenvalue weighted by Gasteiger charge is -2.10. The fourth-order valence-electron chi connectivity index (χ4n) is 1.07. The van der Waals surface area contributed by atoms with Crippen molar-refractivity contribution in [1.29, 1.82) is 0 Å². The van der Waals surface area contributed by atoms with Crippen LogP contribution in [0, 0.1) is 0 Å². The third kappa shape index (κ3) is 5.14. The summed E-state index contributed by atoms with van der Waals surface area (Å²) in [5, 5.41) is 5.28. The molecule has 1 aromatic heterocycles. The Morgan fingerprint density at radius 3 is 2.67 bits per heavy atom. The van der Waals surface area contributed by atoms with E-state index in [1.165, 1.54) is 0 Å². The summed E-state index contributed by atoms with van der Waals surface area (Å²) in [5.41, 5.74) is 10.4. The largest absolute Gasteiger partial charge is 0.461 e. The first-order chi connectivity index (χ1) is 8.47. The van der Waals surface area contributed by atoms with E-state index in [-0.39, 0.29) is 24.0 Å². The maximum atomic E-state index is 10.4. The predicted octanol–water partition coefficient (Wildman–Crippen LogP) is -0.679. The van der Waals surface area contributed by atoms with E-state index in [0.29, 0.717) is 13.1 Å². The van der Waals surface area contributed by atoms with Crippen molar-refractivity contribution in [3.63, 3.8) is 0 Å². The molecule has 100 valence electrons. The minimum Gasteiger partial charge on any atom is -0.461 e. The Hall–Kier alpha value is -2.32. The summed E-state index contributed by atoms with van der Waals surface area (Å²) in [6, 6.07) is -0.432. The summed E-state index contributed by atoms with van der Waals surface area (Å²) in [7, 11) is 0. The van der Waals surface area contributed by atoms with Crippen LogP contribution in [0.2, 0.25) is 0 Å². The standard InChI is InChI=1S/C9H17N7O2/c1-5(2)18-9-15-6(10)14-8(16-9)13-4-3-12-7(11)17/h5H,3-4H2,1-2H3,(H3,11,12,17)(H3,10,13,14,15,16).